The first-order valence-electron chi connectivity index (χ1n) is 7.42. The maximum atomic E-state index is 6.39. The third kappa shape index (κ3) is 2.22. The molecule has 0 aliphatic heterocycles. The molecule has 1 saturated carbocycles. The van der Waals surface area contributed by atoms with Gasteiger partial charge in [-0.2, -0.15) is 5.10 Å². The minimum absolute atomic E-state index is 0.581. The van der Waals surface area contributed by atoms with Gasteiger partial charge in [-0.1, -0.05) is 54.8 Å². The van der Waals surface area contributed by atoms with Crippen molar-refractivity contribution >= 4 is 17.2 Å². The largest absolute Gasteiger partial charge is 0.228 e. The van der Waals surface area contributed by atoms with E-state index in [0.29, 0.717) is 11.1 Å². The zero-order valence-corrected chi connectivity index (χ0v) is 12.4. The molecule has 0 spiro atoms. The van der Waals surface area contributed by atoms with Crippen molar-refractivity contribution in [2.75, 3.05) is 0 Å². The van der Waals surface area contributed by atoms with Crippen LogP contribution in [0.5, 0.6) is 0 Å². The normalized spacial score (nSPS) is 15.9. The summed E-state index contributed by atoms with van der Waals surface area (Å²) in [7, 11) is 0. The first-order chi connectivity index (χ1) is 10.3. The molecular weight excluding hydrogens is 282 g/mol. The number of halogens is 1. The van der Waals surface area contributed by atoms with Gasteiger partial charge in [0.25, 0.3) is 0 Å². The average molecular weight is 298 g/mol. The van der Waals surface area contributed by atoms with Crippen LogP contribution < -0.4 is 0 Å². The van der Waals surface area contributed by atoms with Gasteiger partial charge in [0, 0.05) is 17.2 Å². The lowest BCUT2D eigenvalue weighted by molar-refractivity contribution is 0.727. The number of benzene rings is 1. The van der Waals surface area contributed by atoms with E-state index in [1.165, 1.54) is 31.2 Å². The molecule has 0 saturated heterocycles. The van der Waals surface area contributed by atoms with Crippen LogP contribution in [0.1, 0.15) is 37.2 Å². The zero-order valence-electron chi connectivity index (χ0n) is 11.7. The van der Waals surface area contributed by atoms with Crippen molar-refractivity contribution < 1.29 is 0 Å². The molecule has 106 valence electrons. The van der Waals surface area contributed by atoms with Crippen LogP contribution in [-0.4, -0.2) is 14.6 Å². The summed E-state index contributed by atoms with van der Waals surface area (Å²) < 4.78 is 1.75. The van der Waals surface area contributed by atoms with E-state index >= 15 is 0 Å². The first-order valence-corrected chi connectivity index (χ1v) is 7.80. The molecule has 1 aliphatic carbocycles. The van der Waals surface area contributed by atoms with E-state index in [1.807, 2.05) is 30.5 Å². The Kier molecular flexibility index (Phi) is 3.15. The molecule has 0 unspecified atom stereocenters. The molecule has 1 aliphatic rings. The predicted octanol–water partition coefficient (Wildman–Crippen LogP) is 4.71. The fraction of sp³-hybridized carbons (Fsp3) is 0.294. The Morgan fingerprint density at radius 1 is 1.10 bits per heavy atom. The van der Waals surface area contributed by atoms with E-state index in [0.717, 1.165) is 16.9 Å². The number of hydrogen-bond donors (Lipinski definition) is 0. The Hall–Kier alpha value is -1.87. The number of fused-ring (bicyclic) bond motifs is 1. The summed E-state index contributed by atoms with van der Waals surface area (Å²) in [6, 6.07) is 12.0. The molecule has 0 amide bonds. The highest BCUT2D eigenvalue weighted by atomic mass is 35.5. The van der Waals surface area contributed by atoms with Crippen molar-refractivity contribution in [3.8, 4) is 11.3 Å². The van der Waals surface area contributed by atoms with Crippen LogP contribution in [0.4, 0.5) is 0 Å². The molecule has 2 aromatic heterocycles. The Labute approximate surface area is 128 Å². The van der Waals surface area contributed by atoms with Gasteiger partial charge in [0.05, 0.1) is 11.9 Å². The number of hydrogen-bond acceptors (Lipinski definition) is 2. The second-order valence-electron chi connectivity index (χ2n) is 5.65. The lowest BCUT2D eigenvalue weighted by atomic mass is 10.0. The number of rotatable bonds is 2. The maximum Gasteiger partial charge on any atom is 0.160 e. The molecule has 2 heterocycles. The van der Waals surface area contributed by atoms with Crippen molar-refractivity contribution in [1.29, 1.82) is 0 Å². The van der Waals surface area contributed by atoms with Crippen LogP contribution in [0.3, 0.4) is 0 Å². The summed E-state index contributed by atoms with van der Waals surface area (Å²) in [6.45, 7) is 0. The molecular formula is C17H16ClN3. The molecule has 3 aromatic rings. The summed E-state index contributed by atoms with van der Waals surface area (Å²) >= 11 is 6.39. The van der Waals surface area contributed by atoms with E-state index < -0.39 is 0 Å². The van der Waals surface area contributed by atoms with Gasteiger partial charge in [0.15, 0.2) is 5.65 Å². The Morgan fingerprint density at radius 3 is 2.62 bits per heavy atom. The first kappa shape index (κ1) is 12.8. The molecule has 4 heteroatoms. The lowest BCUT2D eigenvalue weighted by Gasteiger charge is -2.08. The molecule has 0 N–H and O–H groups in total. The third-order valence-electron chi connectivity index (χ3n) is 4.32. The molecule has 4 rings (SSSR count). The quantitative estimate of drug-likeness (QED) is 0.641. The van der Waals surface area contributed by atoms with Crippen molar-refractivity contribution in [3.63, 3.8) is 0 Å². The van der Waals surface area contributed by atoms with Crippen LogP contribution in [-0.2, 0) is 0 Å². The SMILES string of the molecule is Clc1cc(-c2ccccc2)nc2c(C3CCCC3)cnn12. The highest BCUT2D eigenvalue weighted by Crippen LogP contribution is 2.36. The molecule has 21 heavy (non-hydrogen) atoms. The van der Waals surface area contributed by atoms with Gasteiger partial charge >= 0.3 is 0 Å². The minimum Gasteiger partial charge on any atom is -0.228 e. The van der Waals surface area contributed by atoms with Gasteiger partial charge in [-0.25, -0.2) is 9.50 Å². The van der Waals surface area contributed by atoms with Crippen LogP contribution in [0.25, 0.3) is 16.9 Å². The Bertz CT molecular complexity index is 773. The Morgan fingerprint density at radius 2 is 1.86 bits per heavy atom. The fourth-order valence-corrected chi connectivity index (χ4v) is 3.45. The average Bonchev–Trinajstić information content (AvgIpc) is 3.16. The molecule has 3 nitrogen and oxygen atoms in total. The monoisotopic (exact) mass is 297 g/mol. The molecule has 0 bridgehead atoms. The second kappa shape index (κ2) is 5.15. The van der Waals surface area contributed by atoms with Crippen LogP contribution >= 0.6 is 11.6 Å². The summed E-state index contributed by atoms with van der Waals surface area (Å²) in [5.41, 5.74) is 4.15. The summed E-state index contributed by atoms with van der Waals surface area (Å²) in [6.07, 6.45) is 7.01. The maximum absolute atomic E-state index is 6.39. The summed E-state index contributed by atoms with van der Waals surface area (Å²) in [4.78, 5) is 4.83. The van der Waals surface area contributed by atoms with Crippen LogP contribution in [0.2, 0.25) is 5.15 Å². The molecule has 0 radical (unpaired) electrons. The lowest BCUT2D eigenvalue weighted by Crippen LogP contribution is -1.98. The molecule has 0 atom stereocenters. The van der Waals surface area contributed by atoms with Gasteiger partial charge in [0.2, 0.25) is 0 Å². The van der Waals surface area contributed by atoms with Gasteiger partial charge in [0.1, 0.15) is 5.15 Å². The smallest absolute Gasteiger partial charge is 0.160 e. The van der Waals surface area contributed by atoms with E-state index in [4.69, 9.17) is 16.6 Å². The summed E-state index contributed by atoms with van der Waals surface area (Å²) in [5.74, 6) is 0.581. The zero-order chi connectivity index (χ0) is 14.2. The topological polar surface area (TPSA) is 30.2 Å². The van der Waals surface area contributed by atoms with E-state index in [-0.39, 0.29) is 0 Å². The van der Waals surface area contributed by atoms with Crippen molar-refractivity contribution in [2.45, 2.75) is 31.6 Å². The molecule has 1 aromatic carbocycles. The van der Waals surface area contributed by atoms with E-state index in [9.17, 15) is 0 Å². The second-order valence-corrected chi connectivity index (χ2v) is 6.03. The van der Waals surface area contributed by atoms with Crippen LogP contribution in [0, 0.1) is 0 Å². The Balaban J connectivity index is 1.89. The fourth-order valence-electron chi connectivity index (χ4n) is 3.22. The predicted molar refractivity (Wildman–Crippen MR) is 84.6 cm³/mol. The van der Waals surface area contributed by atoms with Crippen molar-refractivity contribution in [3.05, 3.63) is 53.3 Å². The van der Waals surface area contributed by atoms with Crippen LogP contribution in [0.15, 0.2) is 42.6 Å². The third-order valence-corrected chi connectivity index (χ3v) is 4.59. The number of nitrogens with zero attached hydrogens (tertiary/aromatic N) is 3. The van der Waals surface area contributed by atoms with Gasteiger partial charge < -0.3 is 0 Å². The van der Waals surface area contributed by atoms with E-state index in [1.54, 1.807) is 4.52 Å². The number of aromatic nitrogens is 3. The standard InChI is InChI=1S/C17H16ClN3/c18-16-10-15(13-8-2-1-3-9-13)20-17-14(11-19-21(16)17)12-6-4-5-7-12/h1-3,8-12H,4-7H2. The van der Waals surface area contributed by atoms with Crippen molar-refractivity contribution in [1.82, 2.24) is 14.6 Å². The van der Waals surface area contributed by atoms with Gasteiger partial charge in [-0.3, -0.25) is 0 Å². The highest BCUT2D eigenvalue weighted by molar-refractivity contribution is 6.30. The minimum atomic E-state index is 0.581. The van der Waals surface area contributed by atoms with Crippen molar-refractivity contribution in [2.24, 2.45) is 0 Å². The molecule has 1 fully saturated rings. The van der Waals surface area contributed by atoms with Gasteiger partial charge in [-0.05, 0) is 18.8 Å². The van der Waals surface area contributed by atoms with Gasteiger partial charge in [-0.15, -0.1) is 0 Å². The summed E-state index contributed by atoms with van der Waals surface area (Å²) in [5, 5.41) is 5.03. The van der Waals surface area contributed by atoms with E-state index in [2.05, 4.69) is 17.2 Å². The highest BCUT2D eigenvalue weighted by Gasteiger charge is 2.22.